The van der Waals surface area contributed by atoms with Crippen LogP contribution < -0.4 is 22.1 Å². The summed E-state index contributed by atoms with van der Waals surface area (Å²) in [6.07, 6.45) is 2.89. The van der Waals surface area contributed by atoms with Gasteiger partial charge in [0.15, 0.2) is 16.9 Å². The lowest BCUT2D eigenvalue weighted by molar-refractivity contribution is -0.122. The summed E-state index contributed by atoms with van der Waals surface area (Å²) in [6.45, 7) is 5.78. The van der Waals surface area contributed by atoms with Crippen molar-refractivity contribution in [1.29, 1.82) is 0 Å². The molecule has 0 atom stereocenters. The Morgan fingerprint density at radius 3 is 2.46 bits per heavy atom. The molecule has 0 bridgehead atoms. The molecular weight excluding hydrogens is 452 g/mol. The molecule has 11 nitrogen and oxygen atoms in total. The highest BCUT2D eigenvalue weighted by Crippen LogP contribution is 2.12. The molecule has 11 heteroatoms. The van der Waals surface area contributed by atoms with Crippen LogP contribution in [0.1, 0.15) is 35.5 Å². The minimum absolute atomic E-state index is 0.0479. The van der Waals surface area contributed by atoms with Crippen molar-refractivity contribution >= 4 is 23.0 Å². The maximum Gasteiger partial charge on any atom is 0.333 e. The number of amides is 2. The Bertz CT molecular complexity index is 1490. The number of rotatable bonds is 7. The average Bonchev–Trinajstić information content (AvgIpc) is 3.44. The van der Waals surface area contributed by atoms with Crippen molar-refractivity contribution in [3.05, 3.63) is 86.7 Å². The van der Waals surface area contributed by atoms with Gasteiger partial charge in [-0.1, -0.05) is 44.2 Å². The van der Waals surface area contributed by atoms with E-state index in [4.69, 9.17) is 4.42 Å². The first-order chi connectivity index (χ1) is 16.8. The third-order valence-electron chi connectivity index (χ3n) is 5.41. The van der Waals surface area contributed by atoms with Gasteiger partial charge in [0, 0.05) is 12.1 Å². The summed E-state index contributed by atoms with van der Waals surface area (Å²) in [5, 5.41) is 0. The second kappa shape index (κ2) is 9.84. The number of hydrogen-bond acceptors (Lipinski definition) is 6. The van der Waals surface area contributed by atoms with Gasteiger partial charge in [-0.2, -0.15) is 0 Å². The van der Waals surface area contributed by atoms with Crippen LogP contribution in [0.2, 0.25) is 0 Å². The molecule has 35 heavy (non-hydrogen) atoms. The number of fused-ring (bicyclic) bond motifs is 1. The molecular formula is C24H26N6O5. The molecule has 4 rings (SSSR count). The van der Waals surface area contributed by atoms with Crippen molar-refractivity contribution in [2.75, 3.05) is 0 Å². The molecule has 0 aliphatic heterocycles. The summed E-state index contributed by atoms with van der Waals surface area (Å²) in [5.74, 6) is -1.13. The Morgan fingerprint density at radius 1 is 1.06 bits per heavy atom. The van der Waals surface area contributed by atoms with Gasteiger partial charge in [-0.15, -0.1) is 0 Å². The third kappa shape index (κ3) is 4.93. The standard InChI is InChI=1S/C24H26N6O5/c1-15(2)11-28-14-25-21-19(28)23(33)30(24(34)29(21)12-17-7-5-4-6-8-17)13-18(31)26-27-22(32)20-16(3)9-10-35-20/h4-10,14-15H,11-13H2,1-3H3,(H,26,31)(H,27,32). The topological polar surface area (TPSA) is 133 Å². The first-order valence-corrected chi connectivity index (χ1v) is 11.1. The molecule has 3 aromatic heterocycles. The monoisotopic (exact) mass is 478 g/mol. The van der Waals surface area contributed by atoms with Crippen molar-refractivity contribution in [2.24, 2.45) is 5.92 Å². The minimum atomic E-state index is -0.748. The molecule has 2 amide bonds. The van der Waals surface area contributed by atoms with E-state index in [2.05, 4.69) is 15.8 Å². The van der Waals surface area contributed by atoms with Gasteiger partial charge < -0.3 is 8.98 Å². The van der Waals surface area contributed by atoms with Gasteiger partial charge in [0.1, 0.15) is 6.54 Å². The van der Waals surface area contributed by atoms with E-state index in [-0.39, 0.29) is 29.4 Å². The van der Waals surface area contributed by atoms with Crippen molar-refractivity contribution < 1.29 is 14.0 Å². The summed E-state index contributed by atoms with van der Waals surface area (Å²) >= 11 is 0. The zero-order chi connectivity index (χ0) is 25.1. The summed E-state index contributed by atoms with van der Waals surface area (Å²) in [4.78, 5) is 55.8. The van der Waals surface area contributed by atoms with Crippen LogP contribution in [0.3, 0.4) is 0 Å². The van der Waals surface area contributed by atoms with Crippen molar-refractivity contribution in [2.45, 2.75) is 40.4 Å². The number of carbonyl (C=O) groups is 2. The zero-order valence-corrected chi connectivity index (χ0v) is 19.6. The van der Waals surface area contributed by atoms with Gasteiger partial charge in [0.25, 0.3) is 11.5 Å². The van der Waals surface area contributed by atoms with Crippen molar-refractivity contribution in [3.63, 3.8) is 0 Å². The highest BCUT2D eigenvalue weighted by Gasteiger charge is 2.21. The number of nitrogens with zero attached hydrogens (tertiary/aromatic N) is 4. The molecule has 4 aromatic rings. The van der Waals surface area contributed by atoms with Crippen LogP contribution in [0, 0.1) is 12.8 Å². The Balaban J connectivity index is 1.68. The van der Waals surface area contributed by atoms with E-state index in [1.807, 2.05) is 44.2 Å². The maximum absolute atomic E-state index is 13.3. The van der Waals surface area contributed by atoms with Gasteiger partial charge >= 0.3 is 11.6 Å². The average molecular weight is 479 g/mol. The van der Waals surface area contributed by atoms with Crippen LogP contribution >= 0.6 is 0 Å². The second-order valence-corrected chi connectivity index (χ2v) is 8.64. The number of aryl methyl sites for hydroxylation is 1. The highest BCUT2D eigenvalue weighted by atomic mass is 16.3. The van der Waals surface area contributed by atoms with Crippen molar-refractivity contribution in [1.82, 2.24) is 29.5 Å². The molecule has 0 saturated heterocycles. The fraction of sp³-hybridized carbons (Fsp3) is 0.292. The van der Waals surface area contributed by atoms with E-state index in [0.29, 0.717) is 12.1 Å². The SMILES string of the molecule is Cc1ccoc1C(=O)NNC(=O)Cn1c(=O)c2c(ncn2CC(C)C)n(Cc2ccccc2)c1=O. The van der Waals surface area contributed by atoms with Crippen LogP contribution in [0.15, 0.2) is 63.0 Å². The van der Waals surface area contributed by atoms with Crippen LogP contribution in [0.4, 0.5) is 0 Å². The normalized spacial score (nSPS) is 11.2. The number of benzene rings is 1. The van der Waals surface area contributed by atoms with E-state index >= 15 is 0 Å². The summed E-state index contributed by atoms with van der Waals surface area (Å²) in [6, 6.07) is 10.9. The number of aromatic nitrogens is 4. The van der Waals surface area contributed by atoms with E-state index in [1.165, 1.54) is 17.2 Å². The summed E-state index contributed by atoms with van der Waals surface area (Å²) < 4.78 is 9.01. The van der Waals surface area contributed by atoms with Gasteiger partial charge in [-0.3, -0.25) is 29.8 Å². The lowest BCUT2D eigenvalue weighted by Gasteiger charge is -2.14. The Kier molecular flexibility index (Phi) is 6.67. The molecule has 0 unspecified atom stereocenters. The van der Waals surface area contributed by atoms with Gasteiger partial charge in [0.05, 0.1) is 19.1 Å². The van der Waals surface area contributed by atoms with Crippen molar-refractivity contribution in [3.8, 4) is 0 Å². The van der Waals surface area contributed by atoms with E-state index < -0.39 is 29.6 Å². The zero-order valence-electron chi connectivity index (χ0n) is 19.6. The Hall–Kier alpha value is -4.41. The fourth-order valence-electron chi connectivity index (χ4n) is 3.79. The molecule has 0 fully saturated rings. The molecule has 182 valence electrons. The molecule has 0 aliphatic rings. The molecule has 0 aliphatic carbocycles. The Labute approximate surface area is 200 Å². The van der Waals surface area contributed by atoms with Crippen LogP contribution in [0.25, 0.3) is 11.2 Å². The van der Waals surface area contributed by atoms with Gasteiger partial charge in [-0.25, -0.2) is 14.3 Å². The predicted octanol–water partition coefficient (Wildman–Crippen LogP) is 1.43. The summed E-state index contributed by atoms with van der Waals surface area (Å²) in [5.41, 5.74) is 5.08. The van der Waals surface area contributed by atoms with Crippen LogP contribution in [-0.4, -0.2) is 30.5 Å². The molecule has 1 aromatic carbocycles. The first-order valence-electron chi connectivity index (χ1n) is 11.1. The summed E-state index contributed by atoms with van der Waals surface area (Å²) in [7, 11) is 0. The van der Waals surface area contributed by atoms with Crippen LogP contribution in [0.5, 0.6) is 0 Å². The highest BCUT2D eigenvalue weighted by molar-refractivity contribution is 5.94. The molecule has 0 radical (unpaired) electrons. The number of hydrogen-bond donors (Lipinski definition) is 2. The lowest BCUT2D eigenvalue weighted by atomic mass is 10.2. The lowest BCUT2D eigenvalue weighted by Crippen LogP contribution is -2.48. The van der Waals surface area contributed by atoms with Crippen LogP contribution in [-0.2, 0) is 24.4 Å². The molecule has 2 N–H and O–H groups in total. The predicted molar refractivity (Wildman–Crippen MR) is 128 cm³/mol. The first kappa shape index (κ1) is 23.7. The van der Waals surface area contributed by atoms with E-state index in [0.717, 1.165) is 10.1 Å². The number of furan rings is 1. The van der Waals surface area contributed by atoms with E-state index in [1.54, 1.807) is 17.6 Å². The number of nitrogens with one attached hydrogen (secondary N) is 2. The molecule has 0 saturated carbocycles. The number of carbonyl (C=O) groups excluding carboxylic acids is 2. The third-order valence-corrected chi connectivity index (χ3v) is 5.41. The molecule has 3 heterocycles. The van der Waals surface area contributed by atoms with E-state index in [9.17, 15) is 19.2 Å². The number of imidazole rings is 1. The smallest absolute Gasteiger partial charge is 0.333 e. The number of hydrazine groups is 1. The quantitative estimate of drug-likeness (QED) is 0.386. The minimum Gasteiger partial charge on any atom is -0.459 e. The Morgan fingerprint density at radius 2 is 1.80 bits per heavy atom. The largest absolute Gasteiger partial charge is 0.459 e. The second-order valence-electron chi connectivity index (χ2n) is 8.64. The fourth-order valence-corrected chi connectivity index (χ4v) is 3.79. The van der Waals surface area contributed by atoms with Gasteiger partial charge in [-0.05, 0) is 24.5 Å². The maximum atomic E-state index is 13.3. The molecule has 0 spiro atoms. The van der Waals surface area contributed by atoms with Gasteiger partial charge in [0.2, 0.25) is 0 Å².